The lowest BCUT2D eigenvalue weighted by atomic mass is 10.0. The van der Waals surface area contributed by atoms with E-state index >= 15 is 0 Å². The molecule has 2 aliphatic rings. The van der Waals surface area contributed by atoms with E-state index in [9.17, 15) is 4.79 Å². The standard InChI is InChI=1S/C17H24N2O2/c1-13(17(20)21-2)19-11-15-9-18(10-16(15)12-19)8-14-6-4-3-5-7-14/h3-7,13,15-16H,8-12H2,1-2H3/t13?,15-,16+. The third-order valence-corrected chi connectivity index (χ3v) is 4.93. The van der Waals surface area contributed by atoms with Gasteiger partial charge in [-0.15, -0.1) is 0 Å². The monoisotopic (exact) mass is 288 g/mol. The Kier molecular flexibility index (Phi) is 4.27. The van der Waals surface area contributed by atoms with Crippen LogP contribution in [0.25, 0.3) is 0 Å². The molecule has 0 saturated carbocycles. The molecule has 114 valence electrons. The Bertz CT molecular complexity index is 477. The minimum atomic E-state index is -0.115. The molecule has 3 rings (SSSR count). The van der Waals surface area contributed by atoms with E-state index < -0.39 is 0 Å². The molecule has 0 spiro atoms. The molecule has 0 radical (unpaired) electrons. The summed E-state index contributed by atoms with van der Waals surface area (Å²) in [5.41, 5.74) is 1.39. The van der Waals surface area contributed by atoms with E-state index in [2.05, 4.69) is 40.1 Å². The van der Waals surface area contributed by atoms with E-state index in [-0.39, 0.29) is 12.0 Å². The maximum absolute atomic E-state index is 11.6. The number of methoxy groups -OCH3 is 1. The lowest BCUT2D eigenvalue weighted by molar-refractivity contribution is -0.146. The minimum Gasteiger partial charge on any atom is -0.468 e. The Labute approximate surface area is 126 Å². The first kappa shape index (κ1) is 14.5. The minimum absolute atomic E-state index is 0.108. The predicted molar refractivity (Wildman–Crippen MR) is 81.8 cm³/mol. The SMILES string of the molecule is COC(=O)C(C)N1C[C@H]2CN(Cc3ccccc3)C[C@H]2C1. The molecule has 4 heteroatoms. The van der Waals surface area contributed by atoms with Crippen LogP contribution in [0, 0.1) is 11.8 Å². The molecule has 3 atom stereocenters. The van der Waals surface area contributed by atoms with Gasteiger partial charge in [-0.25, -0.2) is 0 Å². The Morgan fingerprint density at radius 2 is 1.81 bits per heavy atom. The summed E-state index contributed by atoms with van der Waals surface area (Å²) < 4.78 is 4.86. The quantitative estimate of drug-likeness (QED) is 0.788. The molecule has 4 nitrogen and oxygen atoms in total. The molecular weight excluding hydrogens is 264 g/mol. The van der Waals surface area contributed by atoms with E-state index in [0.717, 1.165) is 32.7 Å². The van der Waals surface area contributed by atoms with Crippen molar-refractivity contribution >= 4 is 5.97 Å². The number of ether oxygens (including phenoxy) is 1. The highest BCUT2D eigenvalue weighted by molar-refractivity contribution is 5.75. The summed E-state index contributed by atoms with van der Waals surface area (Å²) >= 11 is 0. The van der Waals surface area contributed by atoms with Gasteiger partial charge in [0, 0.05) is 32.7 Å². The number of carbonyl (C=O) groups excluding carboxylic acids is 1. The number of fused-ring (bicyclic) bond motifs is 1. The first-order valence-electron chi connectivity index (χ1n) is 7.75. The van der Waals surface area contributed by atoms with Gasteiger partial charge < -0.3 is 4.74 Å². The number of hydrogen-bond donors (Lipinski definition) is 0. The van der Waals surface area contributed by atoms with Crippen LogP contribution in [0.5, 0.6) is 0 Å². The second-order valence-electron chi connectivity index (χ2n) is 6.35. The van der Waals surface area contributed by atoms with E-state index in [4.69, 9.17) is 4.74 Å². The number of esters is 1. The molecule has 1 aromatic carbocycles. The molecule has 1 unspecified atom stereocenters. The van der Waals surface area contributed by atoms with Crippen molar-refractivity contribution in [2.75, 3.05) is 33.3 Å². The number of rotatable bonds is 4. The zero-order valence-corrected chi connectivity index (χ0v) is 12.9. The maximum atomic E-state index is 11.6. The van der Waals surface area contributed by atoms with Gasteiger partial charge in [0.2, 0.25) is 0 Å². The molecule has 0 amide bonds. The lowest BCUT2D eigenvalue weighted by Crippen LogP contribution is -2.40. The summed E-state index contributed by atoms with van der Waals surface area (Å²) in [6.07, 6.45) is 0. The van der Waals surface area contributed by atoms with Gasteiger partial charge >= 0.3 is 5.97 Å². The predicted octanol–water partition coefficient (Wildman–Crippen LogP) is 1.61. The third kappa shape index (κ3) is 3.11. The van der Waals surface area contributed by atoms with Crippen LogP contribution in [0.4, 0.5) is 0 Å². The van der Waals surface area contributed by atoms with Crippen LogP contribution in [0.1, 0.15) is 12.5 Å². The second kappa shape index (κ2) is 6.16. The van der Waals surface area contributed by atoms with Crippen LogP contribution >= 0.6 is 0 Å². The van der Waals surface area contributed by atoms with Gasteiger partial charge in [-0.3, -0.25) is 14.6 Å². The molecule has 2 saturated heterocycles. The highest BCUT2D eigenvalue weighted by Gasteiger charge is 2.42. The van der Waals surface area contributed by atoms with E-state index in [0.29, 0.717) is 11.8 Å². The molecule has 0 N–H and O–H groups in total. The van der Waals surface area contributed by atoms with Crippen LogP contribution in [-0.2, 0) is 16.1 Å². The first-order chi connectivity index (χ1) is 10.2. The number of nitrogens with zero attached hydrogens (tertiary/aromatic N) is 2. The van der Waals surface area contributed by atoms with Gasteiger partial charge in [0.15, 0.2) is 0 Å². The molecule has 0 aromatic heterocycles. The van der Waals surface area contributed by atoms with Crippen LogP contribution in [0.3, 0.4) is 0 Å². The Balaban J connectivity index is 1.53. The Morgan fingerprint density at radius 3 is 2.38 bits per heavy atom. The molecule has 2 aliphatic heterocycles. The number of carbonyl (C=O) groups is 1. The van der Waals surface area contributed by atoms with Gasteiger partial charge in [-0.05, 0) is 24.3 Å². The summed E-state index contributed by atoms with van der Waals surface area (Å²) in [6.45, 7) is 7.32. The highest BCUT2D eigenvalue weighted by atomic mass is 16.5. The Hall–Kier alpha value is -1.39. The normalized spacial score (nSPS) is 27.5. The van der Waals surface area contributed by atoms with E-state index in [1.165, 1.54) is 12.7 Å². The topological polar surface area (TPSA) is 32.8 Å². The van der Waals surface area contributed by atoms with Crippen molar-refractivity contribution in [2.24, 2.45) is 11.8 Å². The van der Waals surface area contributed by atoms with Gasteiger partial charge in [0.1, 0.15) is 6.04 Å². The van der Waals surface area contributed by atoms with Crippen molar-refractivity contribution < 1.29 is 9.53 Å². The van der Waals surface area contributed by atoms with E-state index in [1.54, 1.807) is 0 Å². The van der Waals surface area contributed by atoms with Crippen molar-refractivity contribution in [3.8, 4) is 0 Å². The van der Waals surface area contributed by atoms with Gasteiger partial charge in [-0.1, -0.05) is 30.3 Å². The summed E-state index contributed by atoms with van der Waals surface area (Å²) in [5, 5.41) is 0. The zero-order chi connectivity index (χ0) is 14.8. The summed E-state index contributed by atoms with van der Waals surface area (Å²) in [4.78, 5) is 16.5. The second-order valence-corrected chi connectivity index (χ2v) is 6.35. The molecule has 2 heterocycles. The van der Waals surface area contributed by atoms with Crippen molar-refractivity contribution in [1.29, 1.82) is 0 Å². The smallest absolute Gasteiger partial charge is 0.322 e. The van der Waals surface area contributed by atoms with Crippen LogP contribution in [0.2, 0.25) is 0 Å². The van der Waals surface area contributed by atoms with Crippen molar-refractivity contribution in [3.05, 3.63) is 35.9 Å². The van der Waals surface area contributed by atoms with Crippen LogP contribution in [0.15, 0.2) is 30.3 Å². The summed E-state index contributed by atoms with van der Waals surface area (Å²) in [5.74, 6) is 1.28. The average molecular weight is 288 g/mol. The molecule has 0 aliphatic carbocycles. The number of benzene rings is 1. The lowest BCUT2D eigenvalue weighted by Gasteiger charge is -2.25. The number of likely N-dealkylation sites (tertiary alicyclic amines) is 2. The van der Waals surface area contributed by atoms with Crippen molar-refractivity contribution in [2.45, 2.75) is 19.5 Å². The number of hydrogen-bond acceptors (Lipinski definition) is 4. The van der Waals surface area contributed by atoms with Crippen molar-refractivity contribution in [1.82, 2.24) is 9.80 Å². The summed E-state index contributed by atoms with van der Waals surface area (Å²) in [7, 11) is 1.47. The van der Waals surface area contributed by atoms with Crippen LogP contribution in [-0.4, -0.2) is 55.1 Å². The summed E-state index contributed by atoms with van der Waals surface area (Å²) in [6, 6.07) is 10.6. The van der Waals surface area contributed by atoms with Crippen molar-refractivity contribution in [3.63, 3.8) is 0 Å². The fourth-order valence-corrected chi connectivity index (χ4v) is 3.73. The van der Waals surface area contributed by atoms with Crippen LogP contribution < -0.4 is 0 Å². The fourth-order valence-electron chi connectivity index (χ4n) is 3.73. The molecular formula is C17H24N2O2. The molecule has 0 bridgehead atoms. The highest BCUT2D eigenvalue weighted by Crippen LogP contribution is 2.32. The third-order valence-electron chi connectivity index (χ3n) is 4.93. The van der Waals surface area contributed by atoms with Gasteiger partial charge in [-0.2, -0.15) is 0 Å². The Morgan fingerprint density at radius 1 is 1.19 bits per heavy atom. The molecule has 1 aromatic rings. The maximum Gasteiger partial charge on any atom is 0.322 e. The van der Waals surface area contributed by atoms with Gasteiger partial charge in [0.25, 0.3) is 0 Å². The fraction of sp³-hybridized carbons (Fsp3) is 0.588. The molecule has 2 fully saturated rings. The first-order valence-corrected chi connectivity index (χ1v) is 7.75. The molecule has 21 heavy (non-hydrogen) atoms. The van der Waals surface area contributed by atoms with E-state index in [1.807, 2.05) is 6.92 Å². The zero-order valence-electron chi connectivity index (χ0n) is 12.9. The largest absolute Gasteiger partial charge is 0.468 e. The average Bonchev–Trinajstić information content (AvgIpc) is 3.05. The van der Waals surface area contributed by atoms with Gasteiger partial charge in [0.05, 0.1) is 7.11 Å².